The van der Waals surface area contributed by atoms with Gasteiger partial charge < -0.3 is 18.9 Å². The Morgan fingerprint density at radius 1 is 0.707 bits per heavy atom. The SMILES string of the molecule is CC(=O)OC[C@@H](OC(C)=O)[C@@H](OC(C)=O)[C@@H](OC(C)=O)c1nnc2nc(-c3ccccc3)c(-c3ccccc3)nn12. The normalized spacial score (nSPS) is 13.1. The molecule has 0 N–H and O–H groups in total. The molecule has 0 fully saturated rings. The lowest BCUT2D eigenvalue weighted by atomic mass is 10.0. The van der Waals surface area contributed by atoms with Crippen molar-refractivity contribution in [2.24, 2.45) is 0 Å². The summed E-state index contributed by atoms with van der Waals surface area (Å²) in [6, 6.07) is 18.6. The summed E-state index contributed by atoms with van der Waals surface area (Å²) in [5.74, 6) is -3.01. The molecule has 0 unspecified atom stereocenters. The van der Waals surface area contributed by atoms with Crippen LogP contribution < -0.4 is 0 Å². The number of hydrogen-bond acceptors (Lipinski definition) is 12. The second kappa shape index (κ2) is 12.8. The van der Waals surface area contributed by atoms with Gasteiger partial charge in [-0.25, -0.2) is 4.98 Å². The Balaban J connectivity index is 1.92. The molecule has 0 aliphatic rings. The van der Waals surface area contributed by atoms with Crippen molar-refractivity contribution >= 4 is 29.7 Å². The van der Waals surface area contributed by atoms with E-state index < -0.39 is 48.8 Å². The van der Waals surface area contributed by atoms with E-state index in [4.69, 9.17) is 29.0 Å². The first-order valence-corrected chi connectivity index (χ1v) is 12.5. The van der Waals surface area contributed by atoms with Gasteiger partial charge in [-0.15, -0.1) is 10.2 Å². The summed E-state index contributed by atoms with van der Waals surface area (Å²) < 4.78 is 22.7. The number of ether oxygens (including phenoxy) is 4. The summed E-state index contributed by atoms with van der Waals surface area (Å²) in [5.41, 5.74) is 2.49. The maximum Gasteiger partial charge on any atom is 0.303 e. The maximum atomic E-state index is 12.3. The minimum absolute atomic E-state index is 0.0567. The standard InChI is InChI=1S/C28H27N5O8/c1-16(34)38-15-22(39-17(2)35)25(40-18(3)36)26(41-19(4)37)27-30-31-28-29-23(20-11-7-5-8-12-20)24(32-33(27)28)21-13-9-6-10-14-21/h5-14,22,25-26H,15H2,1-4H3/t22-,25-,26-/m1/s1. The zero-order valence-corrected chi connectivity index (χ0v) is 22.7. The van der Waals surface area contributed by atoms with Gasteiger partial charge in [0.1, 0.15) is 18.0 Å². The van der Waals surface area contributed by atoms with Crippen LogP contribution in [0.3, 0.4) is 0 Å². The third-order valence-electron chi connectivity index (χ3n) is 5.66. The Bertz CT molecular complexity index is 1560. The van der Waals surface area contributed by atoms with Gasteiger partial charge in [-0.05, 0) is 0 Å². The van der Waals surface area contributed by atoms with Crippen molar-refractivity contribution in [3.63, 3.8) is 0 Å². The molecule has 2 aromatic carbocycles. The van der Waals surface area contributed by atoms with E-state index in [1.54, 1.807) is 0 Å². The van der Waals surface area contributed by atoms with Gasteiger partial charge in [-0.1, -0.05) is 60.7 Å². The smallest absolute Gasteiger partial charge is 0.303 e. The number of fused-ring (bicyclic) bond motifs is 1. The molecule has 0 aliphatic carbocycles. The number of nitrogens with zero attached hydrogens (tertiary/aromatic N) is 5. The fourth-order valence-electron chi connectivity index (χ4n) is 4.09. The quantitative estimate of drug-likeness (QED) is 0.206. The van der Waals surface area contributed by atoms with Crippen molar-refractivity contribution in [2.45, 2.75) is 46.0 Å². The minimum atomic E-state index is -1.50. The van der Waals surface area contributed by atoms with Crippen LogP contribution in [0.5, 0.6) is 0 Å². The van der Waals surface area contributed by atoms with E-state index in [-0.39, 0.29) is 11.6 Å². The molecule has 0 amide bonds. The van der Waals surface area contributed by atoms with Gasteiger partial charge in [0.2, 0.25) is 11.9 Å². The van der Waals surface area contributed by atoms with E-state index >= 15 is 0 Å². The lowest BCUT2D eigenvalue weighted by Gasteiger charge is -2.30. The number of rotatable bonds is 10. The van der Waals surface area contributed by atoms with E-state index in [0.717, 1.165) is 38.8 Å². The van der Waals surface area contributed by atoms with Crippen LogP contribution in [0.1, 0.15) is 39.6 Å². The summed E-state index contributed by atoms with van der Waals surface area (Å²) in [5, 5.41) is 13.1. The molecule has 0 radical (unpaired) electrons. The maximum absolute atomic E-state index is 12.3. The van der Waals surface area contributed by atoms with Crippen LogP contribution >= 0.6 is 0 Å². The van der Waals surface area contributed by atoms with Crippen molar-refractivity contribution in [2.75, 3.05) is 6.61 Å². The summed E-state index contributed by atoms with van der Waals surface area (Å²) >= 11 is 0. The number of benzene rings is 2. The van der Waals surface area contributed by atoms with Crippen molar-refractivity contribution in [1.29, 1.82) is 0 Å². The summed E-state index contributed by atoms with van der Waals surface area (Å²) in [7, 11) is 0. The van der Waals surface area contributed by atoms with Crippen LogP contribution in [0.4, 0.5) is 0 Å². The Kier molecular flexibility index (Phi) is 8.97. The van der Waals surface area contributed by atoms with E-state index in [1.165, 1.54) is 4.52 Å². The Hall–Kier alpha value is -5.20. The van der Waals surface area contributed by atoms with Gasteiger partial charge in [0.05, 0.1) is 0 Å². The highest BCUT2D eigenvalue weighted by atomic mass is 16.6. The highest BCUT2D eigenvalue weighted by Crippen LogP contribution is 2.31. The first-order chi connectivity index (χ1) is 19.6. The van der Waals surface area contributed by atoms with Crippen molar-refractivity contribution < 1.29 is 38.1 Å². The number of carbonyl (C=O) groups excluding carboxylic acids is 4. The first kappa shape index (κ1) is 28.8. The van der Waals surface area contributed by atoms with Gasteiger partial charge in [-0.2, -0.15) is 9.61 Å². The third-order valence-corrected chi connectivity index (χ3v) is 5.66. The highest BCUT2D eigenvalue weighted by molar-refractivity contribution is 5.78. The van der Waals surface area contributed by atoms with Crippen molar-refractivity contribution in [3.05, 3.63) is 66.5 Å². The average Bonchev–Trinajstić information content (AvgIpc) is 3.35. The molecule has 0 bridgehead atoms. The fourth-order valence-corrected chi connectivity index (χ4v) is 4.09. The van der Waals surface area contributed by atoms with Crippen molar-refractivity contribution in [1.82, 2.24) is 24.8 Å². The number of aromatic nitrogens is 5. The number of carbonyl (C=O) groups is 4. The third kappa shape index (κ3) is 7.06. The Morgan fingerprint density at radius 3 is 1.80 bits per heavy atom. The molecule has 2 heterocycles. The summed E-state index contributed by atoms with van der Waals surface area (Å²) in [4.78, 5) is 52.6. The largest absolute Gasteiger partial charge is 0.462 e. The molecule has 4 aromatic rings. The Morgan fingerprint density at radius 2 is 1.27 bits per heavy atom. The van der Waals surface area contributed by atoms with Gasteiger partial charge in [-0.3, -0.25) is 19.2 Å². The van der Waals surface area contributed by atoms with Crippen LogP contribution in [0.2, 0.25) is 0 Å². The minimum Gasteiger partial charge on any atom is -0.462 e. The number of hydrogen-bond donors (Lipinski definition) is 0. The second-order valence-corrected chi connectivity index (χ2v) is 8.87. The number of esters is 4. The highest BCUT2D eigenvalue weighted by Gasteiger charge is 2.42. The predicted octanol–water partition coefficient (Wildman–Crippen LogP) is 2.88. The monoisotopic (exact) mass is 561 g/mol. The molecule has 212 valence electrons. The lowest BCUT2D eigenvalue weighted by Crippen LogP contribution is -2.44. The molecule has 4 rings (SSSR count). The molecule has 0 saturated carbocycles. The van der Waals surface area contributed by atoms with E-state index in [1.807, 2.05) is 60.7 Å². The van der Waals surface area contributed by atoms with Crippen LogP contribution in [0.15, 0.2) is 60.7 Å². The molecule has 41 heavy (non-hydrogen) atoms. The molecule has 13 heteroatoms. The average molecular weight is 562 g/mol. The summed E-state index contributed by atoms with van der Waals surface area (Å²) in [6.07, 6.45) is -4.36. The van der Waals surface area contributed by atoms with Crippen LogP contribution in [0.25, 0.3) is 28.3 Å². The van der Waals surface area contributed by atoms with Gasteiger partial charge in [0, 0.05) is 38.8 Å². The zero-order valence-electron chi connectivity index (χ0n) is 22.7. The van der Waals surface area contributed by atoms with Gasteiger partial charge in [0.15, 0.2) is 12.2 Å². The van der Waals surface area contributed by atoms with Crippen molar-refractivity contribution in [3.8, 4) is 22.5 Å². The van der Waals surface area contributed by atoms with E-state index in [0.29, 0.717) is 11.4 Å². The molecule has 0 saturated heterocycles. The van der Waals surface area contributed by atoms with Crippen LogP contribution in [0, 0.1) is 0 Å². The first-order valence-electron chi connectivity index (χ1n) is 12.5. The molecule has 0 aliphatic heterocycles. The van der Waals surface area contributed by atoms with E-state index in [2.05, 4.69) is 10.2 Å². The van der Waals surface area contributed by atoms with Gasteiger partial charge in [0.25, 0.3) is 5.78 Å². The zero-order chi connectivity index (χ0) is 29.5. The predicted molar refractivity (Wildman–Crippen MR) is 142 cm³/mol. The molecule has 3 atom stereocenters. The van der Waals surface area contributed by atoms with Crippen LogP contribution in [-0.4, -0.2) is 67.5 Å². The Labute approximate surface area is 234 Å². The molecule has 2 aromatic heterocycles. The topological polar surface area (TPSA) is 161 Å². The van der Waals surface area contributed by atoms with Crippen LogP contribution in [-0.2, 0) is 38.1 Å². The fraction of sp³-hybridized carbons (Fsp3) is 0.286. The second-order valence-electron chi connectivity index (χ2n) is 8.87. The molecular formula is C28H27N5O8. The van der Waals surface area contributed by atoms with E-state index in [9.17, 15) is 19.2 Å². The molecule has 0 spiro atoms. The lowest BCUT2D eigenvalue weighted by molar-refractivity contribution is -0.190. The molecule has 13 nitrogen and oxygen atoms in total. The van der Waals surface area contributed by atoms with Gasteiger partial charge >= 0.3 is 23.9 Å². The molecular weight excluding hydrogens is 534 g/mol. The summed E-state index contributed by atoms with van der Waals surface area (Å²) in [6.45, 7) is 4.05.